The number of rotatable bonds is 4. The lowest BCUT2D eigenvalue weighted by molar-refractivity contribution is 0.0494. The molecule has 1 aromatic carbocycles. The van der Waals surface area contributed by atoms with Crippen molar-refractivity contribution in [1.29, 1.82) is 0 Å². The largest absolute Gasteiger partial charge is 0.493 e. The molecule has 0 aliphatic rings. The molecule has 0 fully saturated rings. The molecule has 0 amide bonds. The molecule has 0 bridgehead atoms. The van der Waals surface area contributed by atoms with Gasteiger partial charge in [0.25, 0.3) is 0 Å². The van der Waals surface area contributed by atoms with Gasteiger partial charge in [-0.1, -0.05) is 0 Å². The van der Waals surface area contributed by atoms with E-state index in [9.17, 15) is 9.90 Å². The van der Waals surface area contributed by atoms with E-state index in [-0.39, 0.29) is 18.2 Å². The molecule has 0 unspecified atom stereocenters. The van der Waals surface area contributed by atoms with Crippen LogP contribution in [0.2, 0.25) is 0 Å². The zero-order valence-electron chi connectivity index (χ0n) is 13.8. The predicted molar refractivity (Wildman–Crippen MR) is 94.5 cm³/mol. The number of carbonyl (C=O) groups excluding carboxylic acids is 1. The molecule has 4 rings (SSSR count). The molecule has 3 heterocycles. The van der Waals surface area contributed by atoms with Crippen LogP contribution < -0.4 is 5.32 Å². The lowest BCUT2D eigenvalue weighted by atomic mass is 10.2. The van der Waals surface area contributed by atoms with Gasteiger partial charge in [0.2, 0.25) is 11.6 Å². The molecule has 0 saturated carbocycles. The minimum Gasteiger partial charge on any atom is -0.493 e. The topological polar surface area (TPSA) is 110 Å². The van der Waals surface area contributed by atoms with Gasteiger partial charge in [0.05, 0.1) is 23.7 Å². The van der Waals surface area contributed by atoms with Crippen molar-refractivity contribution < 1.29 is 19.1 Å². The van der Waals surface area contributed by atoms with Crippen molar-refractivity contribution in [3.05, 3.63) is 48.7 Å². The van der Waals surface area contributed by atoms with Crippen molar-refractivity contribution in [2.75, 3.05) is 11.9 Å². The SMILES string of the molecule is CCOC(=O)c1oc2cnccc2c1Nc1ccc2ncnc(O)c2c1. The van der Waals surface area contributed by atoms with Gasteiger partial charge in [-0.05, 0) is 31.2 Å². The Morgan fingerprint density at radius 3 is 3.00 bits per heavy atom. The van der Waals surface area contributed by atoms with Gasteiger partial charge >= 0.3 is 5.97 Å². The second kappa shape index (κ2) is 6.32. The summed E-state index contributed by atoms with van der Waals surface area (Å²) in [5.41, 5.74) is 2.17. The number of pyridine rings is 1. The smallest absolute Gasteiger partial charge is 0.376 e. The Hall–Kier alpha value is -3.68. The van der Waals surface area contributed by atoms with Crippen molar-refractivity contribution in [2.24, 2.45) is 0 Å². The van der Waals surface area contributed by atoms with Crippen LogP contribution in [0, 0.1) is 0 Å². The van der Waals surface area contributed by atoms with Crippen molar-refractivity contribution in [3.63, 3.8) is 0 Å². The van der Waals surface area contributed by atoms with E-state index in [1.165, 1.54) is 12.5 Å². The van der Waals surface area contributed by atoms with E-state index in [0.29, 0.717) is 33.2 Å². The Labute approximate surface area is 147 Å². The fourth-order valence-electron chi connectivity index (χ4n) is 2.68. The number of aromatic hydroxyl groups is 1. The molecular formula is C18H14N4O4. The van der Waals surface area contributed by atoms with E-state index in [1.54, 1.807) is 37.4 Å². The van der Waals surface area contributed by atoms with Gasteiger partial charge in [-0.3, -0.25) is 4.98 Å². The molecule has 130 valence electrons. The Morgan fingerprint density at radius 1 is 1.27 bits per heavy atom. The van der Waals surface area contributed by atoms with Crippen LogP contribution in [0.1, 0.15) is 17.5 Å². The highest BCUT2D eigenvalue weighted by atomic mass is 16.5. The molecule has 3 aromatic heterocycles. The molecular weight excluding hydrogens is 336 g/mol. The monoisotopic (exact) mass is 350 g/mol. The number of hydrogen-bond donors (Lipinski definition) is 2. The van der Waals surface area contributed by atoms with E-state index < -0.39 is 5.97 Å². The summed E-state index contributed by atoms with van der Waals surface area (Å²) in [6, 6.07) is 6.96. The van der Waals surface area contributed by atoms with Crippen LogP contribution in [-0.2, 0) is 4.74 Å². The van der Waals surface area contributed by atoms with Gasteiger partial charge in [-0.25, -0.2) is 14.8 Å². The Kier molecular flexibility index (Phi) is 3.85. The minimum absolute atomic E-state index is 0.0588. The number of nitrogens with zero attached hydrogens (tertiary/aromatic N) is 3. The average Bonchev–Trinajstić information content (AvgIpc) is 3.01. The summed E-state index contributed by atoms with van der Waals surface area (Å²) in [5, 5.41) is 14.3. The third kappa shape index (κ3) is 2.67. The number of fused-ring (bicyclic) bond motifs is 2. The van der Waals surface area contributed by atoms with Crippen molar-refractivity contribution in [2.45, 2.75) is 6.92 Å². The number of benzene rings is 1. The Bertz CT molecular complexity index is 1120. The summed E-state index contributed by atoms with van der Waals surface area (Å²) in [6.45, 7) is 1.95. The maximum Gasteiger partial charge on any atom is 0.376 e. The first-order chi connectivity index (χ1) is 12.7. The van der Waals surface area contributed by atoms with Crippen molar-refractivity contribution in [1.82, 2.24) is 15.0 Å². The third-order valence-corrected chi connectivity index (χ3v) is 3.84. The Balaban J connectivity index is 1.82. The predicted octanol–water partition coefficient (Wildman–Crippen LogP) is 3.40. The van der Waals surface area contributed by atoms with Crippen LogP contribution in [0.15, 0.2) is 47.4 Å². The zero-order valence-corrected chi connectivity index (χ0v) is 13.8. The lowest BCUT2D eigenvalue weighted by Crippen LogP contribution is -2.06. The molecule has 26 heavy (non-hydrogen) atoms. The minimum atomic E-state index is -0.571. The molecule has 2 N–H and O–H groups in total. The van der Waals surface area contributed by atoms with Crippen molar-refractivity contribution >= 4 is 39.2 Å². The standard InChI is InChI=1S/C18H14N4O4/c1-2-25-18(24)16-15(11-5-6-19-8-14(11)26-16)22-10-3-4-13-12(7-10)17(23)21-9-20-13/h3-9,22H,2H2,1H3,(H,20,21,23). The number of nitrogens with one attached hydrogen (secondary N) is 1. The van der Waals surface area contributed by atoms with Gasteiger partial charge < -0.3 is 19.6 Å². The van der Waals surface area contributed by atoms with E-state index >= 15 is 0 Å². The molecule has 0 radical (unpaired) electrons. The second-order valence-corrected chi connectivity index (χ2v) is 5.45. The van der Waals surface area contributed by atoms with Gasteiger partial charge in [-0.15, -0.1) is 0 Å². The van der Waals surface area contributed by atoms with Crippen LogP contribution in [0.3, 0.4) is 0 Å². The third-order valence-electron chi connectivity index (χ3n) is 3.84. The summed E-state index contributed by atoms with van der Waals surface area (Å²) in [5.74, 6) is -0.632. The highest BCUT2D eigenvalue weighted by Gasteiger charge is 2.22. The quantitative estimate of drug-likeness (QED) is 0.539. The molecule has 0 atom stereocenters. The fraction of sp³-hybridized carbons (Fsp3) is 0.111. The summed E-state index contributed by atoms with van der Waals surface area (Å²) < 4.78 is 10.7. The van der Waals surface area contributed by atoms with E-state index in [2.05, 4.69) is 20.3 Å². The molecule has 0 spiro atoms. The first-order valence-electron chi connectivity index (χ1n) is 7.91. The first-order valence-corrected chi connectivity index (χ1v) is 7.91. The lowest BCUT2D eigenvalue weighted by Gasteiger charge is -2.08. The highest BCUT2D eigenvalue weighted by molar-refractivity contribution is 6.05. The number of anilines is 2. The van der Waals surface area contributed by atoms with Crippen LogP contribution >= 0.6 is 0 Å². The van der Waals surface area contributed by atoms with Gasteiger partial charge in [0, 0.05) is 17.3 Å². The van der Waals surface area contributed by atoms with Crippen molar-refractivity contribution in [3.8, 4) is 5.88 Å². The van der Waals surface area contributed by atoms with Crippen LogP contribution in [0.5, 0.6) is 5.88 Å². The van der Waals surface area contributed by atoms with Crippen LogP contribution in [0.4, 0.5) is 11.4 Å². The van der Waals surface area contributed by atoms with Crippen LogP contribution in [-0.4, -0.2) is 32.6 Å². The number of esters is 1. The summed E-state index contributed by atoms with van der Waals surface area (Å²) in [7, 11) is 0. The average molecular weight is 350 g/mol. The fourth-order valence-corrected chi connectivity index (χ4v) is 2.68. The number of ether oxygens (including phenoxy) is 1. The molecule has 0 aliphatic heterocycles. The second-order valence-electron chi connectivity index (χ2n) is 5.45. The number of carbonyl (C=O) groups is 1. The molecule has 0 aliphatic carbocycles. The molecule has 0 saturated heterocycles. The summed E-state index contributed by atoms with van der Waals surface area (Å²) in [4.78, 5) is 24.1. The normalized spacial score (nSPS) is 11.0. The first kappa shape index (κ1) is 15.8. The number of furan rings is 1. The number of hydrogen-bond acceptors (Lipinski definition) is 8. The molecule has 4 aromatic rings. The summed E-state index contributed by atoms with van der Waals surface area (Å²) in [6.07, 6.45) is 4.43. The zero-order chi connectivity index (χ0) is 18.1. The van der Waals surface area contributed by atoms with E-state index in [0.717, 1.165) is 0 Å². The summed E-state index contributed by atoms with van der Waals surface area (Å²) >= 11 is 0. The van der Waals surface area contributed by atoms with Gasteiger partial charge in [0.1, 0.15) is 12.0 Å². The Morgan fingerprint density at radius 2 is 2.15 bits per heavy atom. The van der Waals surface area contributed by atoms with E-state index in [4.69, 9.17) is 9.15 Å². The van der Waals surface area contributed by atoms with E-state index in [1.807, 2.05) is 0 Å². The highest BCUT2D eigenvalue weighted by Crippen LogP contribution is 2.34. The molecule has 8 nitrogen and oxygen atoms in total. The maximum absolute atomic E-state index is 12.3. The molecule has 8 heteroatoms. The maximum atomic E-state index is 12.3. The van der Waals surface area contributed by atoms with Crippen LogP contribution in [0.25, 0.3) is 21.9 Å². The van der Waals surface area contributed by atoms with Gasteiger partial charge in [-0.2, -0.15) is 0 Å². The number of aromatic nitrogens is 3. The van der Waals surface area contributed by atoms with Gasteiger partial charge in [0.15, 0.2) is 5.58 Å².